The average Bonchev–Trinajstić information content (AvgIpc) is 2.11. The van der Waals surface area contributed by atoms with Gasteiger partial charge in [0.2, 0.25) is 0 Å². The Morgan fingerprint density at radius 3 is 2.46 bits per heavy atom. The molecule has 0 aliphatic rings. The lowest BCUT2D eigenvalue weighted by Gasteiger charge is -2.08. The molecule has 0 bridgehead atoms. The summed E-state index contributed by atoms with van der Waals surface area (Å²) in [7, 11) is 0. The zero-order valence-electron chi connectivity index (χ0n) is 8.72. The molecule has 72 valence electrons. The smallest absolute Gasteiger partial charge is 0.119 e. The van der Waals surface area contributed by atoms with Crippen LogP contribution in [0.15, 0.2) is 12.1 Å². The van der Waals surface area contributed by atoms with E-state index in [1.54, 1.807) is 0 Å². The first-order valence-electron chi connectivity index (χ1n) is 5.00. The Balaban J connectivity index is 3.06. The fraction of sp³-hybridized carbons (Fsp3) is 0.500. The van der Waals surface area contributed by atoms with Crippen molar-refractivity contribution in [3.05, 3.63) is 28.8 Å². The number of hydrogen-bond acceptors (Lipinski definition) is 1. The van der Waals surface area contributed by atoms with Crippen molar-refractivity contribution < 1.29 is 5.11 Å². The molecule has 0 aliphatic heterocycles. The van der Waals surface area contributed by atoms with Gasteiger partial charge in [0.05, 0.1) is 0 Å². The third-order valence-electron chi connectivity index (χ3n) is 2.47. The Kier molecular flexibility index (Phi) is 3.35. The minimum Gasteiger partial charge on any atom is -0.508 e. The summed E-state index contributed by atoms with van der Waals surface area (Å²) in [5.41, 5.74) is 3.55. The van der Waals surface area contributed by atoms with Gasteiger partial charge in [-0.2, -0.15) is 0 Å². The minimum atomic E-state index is 0.447. The van der Waals surface area contributed by atoms with Crippen LogP contribution in [0.25, 0.3) is 0 Å². The number of phenolic OH excluding ortho intramolecular Hbond substituents is 1. The zero-order chi connectivity index (χ0) is 9.84. The van der Waals surface area contributed by atoms with Gasteiger partial charge in [0.15, 0.2) is 0 Å². The van der Waals surface area contributed by atoms with Gasteiger partial charge in [-0.05, 0) is 42.5 Å². The fourth-order valence-electron chi connectivity index (χ4n) is 1.62. The van der Waals surface area contributed by atoms with Crippen LogP contribution >= 0.6 is 0 Å². The molecule has 0 saturated carbocycles. The van der Waals surface area contributed by atoms with Crippen LogP contribution in [0.2, 0.25) is 0 Å². The molecule has 0 saturated heterocycles. The molecule has 1 rings (SSSR count). The molecule has 0 unspecified atom stereocenters. The van der Waals surface area contributed by atoms with Crippen molar-refractivity contribution in [1.82, 2.24) is 0 Å². The van der Waals surface area contributed by atoms with Gasteiger partial charge in [-0.15, -0.1) is 0 Å². The number of benzene rings is 1. The van der Waals surface area contributed by atoms with Gasteiger partial charge in [-0.1, -0.05) is 26.3 Å². The second-order valence-corrected chi connectivity index (χ2v) is 3.50. The van der Waals surface area contributed by atoms with E-state index in [1.807, 2.05) is 13.0 Å². The van der Waals surface area contributed by atoms with Crippen molar-refractivity contribution in [2.75, 3.05) is 0 Å². The number of rotatable bonds is 3. The summed E-state index contributed by atoms with van der Waals surface area (Å²) in [4.78, 5) is 0. The quantitative estimate of drug-likeness (QED) is 0.753. The van der Waals surface area contributed by atoms with Crippen molar-refractivity contribution in [1.29, 1.82) is 0 Å². The maximum Gasteiger partial charge on any atom is 0.119 e. The number of aryl methyl sites for hydroxylation is 2. The third kappa shape index (κ3) is 2.24. The molecule has 0 fully saturated rings. The molecule has 0 aliphatic carbocycles. The van der Waals surface area contributed by atoms with Gasteiger partial charge < -0.3 is 5.11 Å². The van der Waals surface area contributed by atoms with Gasteiger partial charge >= 0.3 is 0 Å². The van der Waals surface area contributed by atoms with Crippen LogP contribution in [0.3, 0.4) is 0 Å². The van der Waals surface area contributed by atoms with Crippen molar-refractivity contribution >= 4 is 0 Å². The number of phenols is 1. The SMILES string of the molecule is CCCc1cc(O)c(C)c(CC)c1. The Hall–Kier alpha value is -0.980. The maximum atomic E-state index is 9.64. The minimum absolute atomic E-state index is 0.447. The van der Waals surface area contributed by atoms with Gasteiger partial charge in [-0.3, -0.25) is 0 Å². The van der Waals surface area contributed by atoms with Crippen LogP contribution in [0.1, 0.15) is 37.0 Å². The Morgan fingerprint density at radius 1 is 1.23 bits per heavy atom. The lowest BCUT2D eigenvalue weighted by atomic mass is 9.99. The summed E-state index contributed by atoms with van der Waals surface area (Å²) >= 11 is 0. The maximum absolute atomic E-state index is 9.64. The van der Waals surface area contributed by atoms with E-state index in [0.717, 1.165) is 24.8 Å². The van der Waals surface area contributed by atoms with Crippen LogP contribution in [-0.4, -0.2) is 5.11 Å². The Bertz CT molecular complexity index is 289. The molecule has 1 aromatic rings. The fourth-order valence-corrected chi connectivity index (χ4v) is 1.62. The molecule has 1 N–H and O–H groups in total. The molecular formula is C12H18O. The monoisotopic (exact) mass is 178 g/mol. The first-order valence-corrected chi connectivity index (χ1v) is 5.00. The highest BCUT2D eigenvalue weighted by atomic mass is 16.3. The highest BCUT2D eigenvalue weighted by Gasteiger charge is 2.03. The summed E-state index contributed by atoms with van der Waals surface area (Å²) in [6.45, 7) is 6.25. The molecule has 0 radical (unpaired) electrons. The number of aromatic hydroxyl groups is 1. The Morgan fingerprint density at radius 2 is 1.92 bits per heavy atom. The third-order valence-corrected chi connectivity index (χ3v) is 2.47. The van der Waals surface area contributed by atoms with Crippen LogP contribution in [0.5, 0.6) is 5.75 Å². The molecule has 0 amide bonds. The first-order chi connectivity index (χ1) is 6.19. The van der Waals surface area contributed by atoms with E-state index in [0.29, 0.717) is 5.75 Å². The lowest BCUT2D eigenvalue weighted by Crippen LogP contribution is -1.91. The molecule has 1 nitrogen and oxygen atoms in total. The van der Waals surface area contributed by atoms with Crippen molar-refractivity contribution in [2.45, 2.75) is 40.0 Å². The summed E-state index contributed by atoms with van der Waals surface area (Å²) in [6.07, 6.45) is 3.18. The van der Waals surface area contributed by atoms with Crippen LogP contribution in [0, 0.1) is 6.92 Å². The predicted octanol–water partition coefficient (Wildman–Crippen LogP) is 3.22. The second-order valence-electron chi connectivity index (χ2n) is 3.50. The first kappa shape index (κ1) is 10.1. The largest absolute Gasteiger partial charge is 0.508 e. The van der Waals surface area contributed by atoms with E-state index in [9.17, 15) is 5.11 Å². The molecule has 0 spiro atoms. The van der Waals surface area contributed by atoms with E-state index in [-0.39, 0.29) is 0 Å². The molecule has 1 heteroatoms. The molecule has 0 aromatic heterocycles. The standard InChI is InChI=1S/C12H18O/c1-4-6-10-7-11(5-2)9(3)12(13)8-10/h7-8,13H,4-6H2,1-3H3. The summed E-state index contributed by atoms with van der Waals surface area (Å²) < 4.78 is 0. The normalized spacial score (nSPS) is 10.4. The summed E-state index contributed by atoms with van der Waals surface area (Å²) in [6, 6.07) is 4.09. The van der Waals surface area contributed by atoms with Gasteiger partial charge in [0.1, 0.15) is 5.75 Å². The molecular weight excluding hydrogens is 160 g/mol. The van der Waals surface area contributed by atoms with E-state index < -0.39 is 0 Å². The summed E-state index contributed by atoms with van der Waals surface area (Å²) in [5, 5.41) is 9.64. The van der Waals surface area contributed by atoms with Crippen molar-refractivity contribution in [3.8, 4) is 5.75 Å². The molecule has 1 aromatic carbocycles. The predicted molar refractivity (Wildman–Crippen MR) is 56.2 cm³/mol. The second kappa shape index (κ2) is 4.31. The van der Waals surface area contributed by atoms with Gasteiger partial charge in [0.25, 0.3) is 0 Å². The van der Waals surface area contributed by atoms with Crippen LogP contribution in [0.4, 0.5) is 0 Å². The average molecular weight is 178 g/mol. The Labute approximate surface area is 80.4 Å². The highest BCUT2D eigenvalue weighted by molar-refractivity contribution is 5.42. The van der Waals surface area contributed by atoms with Crippen LogP contribution in [-0.2, 0) is 12.8 Å². The molecule has 13 heavy (non-hydrogen) atoms. The van der Waals surface area contributed by atoms with E-state index >= 15 is 0 Å². The number of hydrogen-bond donors (Lipinski definition) is 1. The summed E-state index contributed by atoms with van der Waals surface area (Å²) in [5.74, 6) is 0.447. The van der Waals surface area contributed by atoms with E-state index in [4.69, 9.17) is 0 Å². The van der Waals surface area contributed by atoms with Crippen LogP contribution < -0.4 is 0 Å². The zero-order valence-corrected chi connectivity index (χ0v) is 8.72. The van der Waals surface area contributed by atoms with E-state index in [1.165, 1.54) is 11.1 Å². The van der Waals surface area contributed by atoms with E-state index in [2.05, 4.69) is 19.9 Å². The van der Waals surface area contributed by atoms with Crippen molar-refractivity contribution in [3.63, 3.8) is 0 Å². The molecule has 0 heterocycles. The van der Waals surface area contributed by atoms with Gasteiger partial charge in [0, 0.05) is 0 Å². The topological polar surface area (TPSA) is 20.2 Å². The van der Waals surface area contributed by atoms with Crippen molar-refractivity contribution in [2.24, 2.45) is 0 Å². The van der Waals surface area contributed by atoms with Gasteiger partial charge in [-0.25, -0.2) is 0 Å². The highest BCUT2D eigenvalue weighted by Crippen LogP contribution is 2.23. The lowest BCUT2D eigenvalue weighted by molar-refractivity contribution is 0.469. The molecule has 0 atom stereocenters.